The van der Waals surface area contributed by atoms with Gasteiger partial charge in [-0.15, -0.1) is 11.3 Å². The maximum absolute atomic E-state index is 6.07. The summed E-state index contributed by atoms with van der Waals surface area (Å²) in [6.45, 7) is 6.50. The van der Waals surface area contributed by atoms with Crippen molar-refractivity contribution in [2.45, 2.75) is 70.8 Å². The van der Waals surface area contributed by atoms with Crippen molar-refractivity contribution in [1.29, 1.82) is 0 Å². The molecule has 0 aromatic carbocycles. The fourth-order valence-electron chi connectivity index (χ4n) is 2.63. The summed E-state index contributed by atoms with van der Waals surface area (Å²) < 4.78 is 0. The highest BCUT2D eigenvalue weighted by molar-refractivity contribution is 7.12. The van der Waals surface area contributed by atoms with E-state index in [1.54, 1.807) is 0 Å². The van der Waals surface area contributed by atoms with Crippen LogP contribution in [0.25, 0.3) is 0 Å². The molecular formula is C14H24N2S. The van der Waals surface area contributed by atoms with E-state index in [0.29, 0.717) is 11.8 Å². The van der Waals surface area contributed by atoms with Gasteiger partial charge in [0.05, 0.1) is 10.7 Å². The summed E-state index contributed by atoms with van der Waals surface area (Å²) in [6.07, 6.45) is 6.79. The number of thiazole rings is 1. The van der Waals surface area contributed by atoms with Gasteiger partial charge in [0, 0.05) is 16.8 Å². The van der Waals surface area contributed by atoms with Gasteiger partial charge in [-0.1, -0.05) is 33.1 Å². The molecule has 96 valence electrons. The van der Waals surface area contributed by atoms with Gasteiger partial charge in [-0.25, -0.2) is 4.98 Å². The first-order chi connectivity index (χ1) is 8.09. The monoisotopic (exact) mass is 252 g/mol. The standard InChI is InChI=1S/C14H24N2S/c1-9(2)12-13(10(3)15)17-14(16-12)11-7-5-4-6-8-11/h9-11H,4-8,15H2,1-3H3. The van der Waals surface area contributed by atoms with E-state index in [9.17, 15) is 0 Å². The molecule has 2 N–H and O–H groups in total. The first kappa shape index (κ1) is 13.0. The molecule has 2 rings (SSSR count). The van der Waals surface area contributed by atoms with E-state index in [2.05, 4.69) is 20.8 Å². The molecule has 3 heteroatoms. The third-order valence-corrected chi connectivity index (χ3v) is 5.05. The zero-order chi connectivity index (χ0) is 12.4. The molecule has 1 aliphatic rings. The van der Waals surface area contributed by atoms with Crippen LogP contribution in [-0.2, 0) is 0 Å². The van der Waals surface area contributed by atoms with Crippen molar-refractivity contribution in [2.75, 3.05) is 0 Å². The fraction of sp³-hybridized carbons (Fsp3) is 0.786. The van der Waals surface area contributed by atoms with Crippen molar-refractivity contribution in [1.82, 2.24) is 4.98 Å². The predicted octanol–water partition coefficient (Wildman–Crippen LogP) is 4.33. The zero-order valence-electron chi connectivity index (χ0n) is 11.2. The Hall–Kier alpha value is -0.410. The van der Waals surface area contributed by atoms with Gasteiger partial charge in [0.25, 0.3) is 0 Å². The minimum absolute atomic E-state index is 0.127. The second-order valence-electron chi connectivity index (χ2n) is 5.58. The number of rotatable bonds is 3. The van der Waals surface area contributed by atoms with Crippen LogP contribution in [0.4, 0.5) is 0 Å². The summed E-state index contributed by atoms with van der Waals surface area (Å²) in [4.78, 5) is 6.20. The van der Waals surface area contributed by atoms with Crippen molar-refractivity contribution < 1.29 is 0 Å². The second-order valence-corrected chi connectivity index (χ2v) is 6.64. The van der Waals surface area contributed by atoms with Gasteiger partial charge in [-0.2, -0.15) is 0 Å². The first-order valence-electron chi connectivity index (χ1n) is 6.85. The Kier molecular flexibility index (Phi) is 4.21. The Morgan fingerprint density at radius 2 is 1.82 bits per heavy atom. The maximum Gasteiger partial charge on any atom is 0.0962 e. The van der Waals surface area contributed by atoms with E-state index in [1.807, 2.05) is 11.3 Å². The number of nitrogens with two attached hydrogens (primary N) is 1. The van der Waals surface area contributed by atoms with Crippen LogP contribution in [0.1, 0.15) is 86.3 Å². The normalized spacial score (nSPS) is 19.8. The van der Waals surface area contributed by atoms with Gasteiger partial charge < -0.3 is 5.73 Å². The Bertz CT molecular complexity index is 337. The van der Waals surface area contributed by atoms with Gasteiger partial charge >= 0.3 is 0 Å². The highest BCUT2D eigenvalue weighted by Crippen LogP contribution is 2.38. The van der Waals surface area contributed by atoms with Crippen molar-refractivity contribution >= 4 is 11.3 Å². The average molecular weight is 252 g/mol. The molecule has 0 aliphatic heterocycles. The molecule has 0 radical (unpaired) electrons. The van der Waals surface area contributed by atoms with E-state index in [0.717, 1.165) is 0 Å². The molecule has 17 heavy (non-hydrogen) atoms. The number of nitrogens with zero attached hydrogens (tertiary/aromatic N) is 1. The summed E-state index contributed by atoms with van der Waals surface area (Å²) in [5.74, 6) is 1.20. The summed E-state index contributed by atoms with van der Waals surface area (Å²) in [7, 11) is 0. The van der Waals surface area contributed by atoms with Crippen molar-refractivity contribution in [3.05, 3.63) is 15.6 Å². The predicted molar refractivity (Wildman–Crippen MR) is 74.6 cm³/mol. The van der Waals surface area contributed by atoms with Crippen LogP contribution in [-0.4, -0.2) is 4.98 Å². The Labute approximate surface area is 109 Å². The lowest BCUT2D eigenvalue weighted by atomic mass is 9.90. The summed E-state index contributed by atoms with van der Waals surface area (Å²) in [5, 5.41) is 1.35. The van der Waals surface area contributed by atoms with E-state index >= 15 is 0 Å². The second kappa shape index (κ2) is 5.49. The SMILES string of the molecule is CC(C)c1nc(C2CCCCC2)sc1C(C)N. The van der Waals surface area contributed by atoms with Crippen LogP contribution in [0.5, 0.6) is 0 Å². The van der Waals surface area contributed by atoms with Crippen LogP contribution in [0.2, 0.25) is 0 Å². The molecule has 1 atom stereocenters. The minimum Gasteiger partial charge on any atom is -0.323 e. The summed E-state index contributed by atoms with van der Waals surface area (Å²) in [6, 6.07) is 0.127. The molecule has 2 nitrogen and oxygen atoms in total. The van der Waals surface area contributed by atoms with Gasteiger partial charge in [-0.3, -0.25) is 0 Å². The smallest absolute Gasteiger partial charge is 0.0962 e. The summed E-state index contributed by atoms with van der Waals surface area (Å²) in [5.41, 5.74) is 7.31. The number of hydrogen-bond donors (Lipinski definition) is 1. The van der Waals surface area contributed by atoms with Crippen LogP contribution in [0, 0.1) is 0 Å². The lowest BCUT2D eigenvalue weighted by molar-refractivity contribution is 0.441. The van der Waals surface area contributed by atoms with E-state index in [1.165, 1.54) is 47.7 Å². The first-order valence-corrected chi connectivity index (χ1v) is 7.67. The van der Waals surface area contributed by atoms with Gasteiger partial charge in [0.15, 0.2) is 0 Å². The topological polar surface area (TPSA) is 38.9 Å². The van der Waals surface area contributed by atoms with Crippen LogP contribution < -0.4 is 5.73 Å². The molecule has 1 unspecified atom stereocenters. The quantitative estimate of drug-likeness (QED) is 0.869. The molecule has 0 saturated heterocycles. The molecule has 0 bridgehead atoms. The molecule has 1 heterocycles. The van der Waals surface area contributed by atoms with Crippen molar-refractivity contribution in [3.8, 4) is 0 Å². The minimum atomic E-state index is 0.127. The van der Waals surface area contributed by atoms with Crippen LogP contribution >= 0.6 is 11.3 Å². The molecular weight excluding hydrogens is 228 g/mol. The molecule has 1 aromatic heterocycles. The van der Waals surface area contributed by atoms with Crippen LogP contribution in [0.15, 0.2) is 0 Å². The van der Waals surface area contributed by atoms with E-state index in [4.69, 9.17) is 10.7 Å². The zero-order valence-corrected chi connectivity index (χ0v) is 12.0. The van der Waals surface area contributed by atoms with Crippen molar-refractivity contribution in [2.24, 2.45) is 5.73 Å². The highest BCUT2D eigenvalue weighted by atomic mass is 32.1. The molecule has 1 saturated carbocycles. The van der Waals surface area contributed by atoms with Gasteiger partial charge in [0.2, 0.25) is 0 Å². The molecule has 1 aliphatic carbocycles. The molecule has 1 fully saturated rings. The van der Waals surface area contributed by atoms with E-state index in [-0.39, 0.29) is 6.04 Å². The fourth-order valence-corrected chi connectivity index (χ4v) is 3.97. The average Bonchev–Trinajstić information content (AvgIpc) is 2.75. The number of hydrogen-bond acceptors (Lipinski definition) is 3. The largest absolute Gasteiger partial charge is 0.323 e. The lowest BCUT2D eigenvalue weighted by Crippen LogP contribution is -2.06. The number of aromatic nitrogens is 1. The Morgan fingerprint density at radius 1 is 1.18 bits per heavy atom. The molecule has 0 amide bonds. The summed E-state index contributed by atoms with van der Waals surface area (Å²) >= 11 is 1.87. The third kappa shape index (κ3) is 2.89. The van der Waals surface area contributed by atoms with Crippen molar-refractivity contribution in [3.63, 3.8) is 0 Å². The Balaban J connectivity index is 2.26. The Morgan fingerprint density at radius 3 is 2.29 bits per heavy atom. The lowest BCUT2D eigenvalue weighted by Gasteiger charge is -2.19. The molecule has 0 spiro atoms. The van der Waals surface area contributed by atoms with Gasteiger partial charge in [-0.05, 0) is 25.7 Å². The van der Waals surface area contributed by atoms with Gasteiger partial charge in [0.1, 0.15) is 0 Å². The highest BCUT2D eigenvalue weighted by Gasteiger charge is 2.23. The molecule has 1 aromatic rings. The third-order valence-electron chi connectivity index (χ3n) is 3.61. The van der Waals surface area contributed by atoms with E-state index < -0.39 is 0 Å². The van der Waals surface area contributed by atoms with Crippen LogP contribution in [0.3, 0.4) is 0 Å². The maximum atomic E-state index is 6.07.